The minimum absolute atomic E-state index is 0.0766. The van der Waals surface area contributed by atoms with Gasteiger partial charge in [-0.25, -0.2) is 21.1 Å². The highest BCUT2D eigenvalue weighted by molar-refractivity contribution is 8.06. The van der Waals surface area contributed by atoms with Crippen LogP contribution in [0.25, 0.3) is 0 Å². The van der Waals surface area contributed by atoms with Crippen LogP contribution in [0, 0.1) is 5.92 Å². The van der Waals surface area contributed by atoms with Crippen molar-refractivity contribution in [2.45, 2.75) is 6.92 Å². The van der Waals surface area contributed by atoms with Crippen molar-refractivity contribution in [1.29, 1.82) is 0 Å². The van der Waals surface area contributed by atoms with Gasteiger partial charge in [0.1, 0.15) is 0 Å². The molecule has 2 N–H and O–H groups in total. The number of sulfonamides is 1. The first kappa shape index (κ1) is 15.8. The second-order valence-electron chi connectivity index (χ2n) is 3.74. The van der Waals surface area contributed by atoms with Crippen molar-refractivity contribution in [3.63, 3.8) is 0 Å². The normalized spacial score (nSPS) is 15.0. The van der Waals surface area contributed by atoms with Crippen LogP contribution >= 0.6 is 12.2 Å². The lowest BCUT2D eigenvalue weighted by atomic mass is 10.2. The fraction of sp³-hybridized carbons (Fsp3) is 0.857. The first-order chi connectivity index (χ1) is 6.96. The molecule has 1 unspecified atom stereocenters. The molecule has 96 valence electrons. The van der Waals surface area contributed by atoms with E-state index in [2.05, 4.69) is 0 Å². The average Bonchev–Trinajstić information content (AvgIpc) is 1.98. The topological polar surface area (TPSA) is 97.5 Å². The Labute approximate surface area is 102 Å². The highest BCUT2D eigenvalue weighted by atomic mass is 32.3. The molecule has 0 aromatic carbocycles. The molecule has 0 aliphatic heterocycles. The van der Waals surface area contributed by atoms with E-state index >= 15 is 0 Å². The molecule has 16 heavy (non-hydrogen) atoms. The molecule has 0 heterocycles. The van der Waals surface area contributed by atoms with Gasteiger partial charge in [-0.2, -0.15) is 0 Å². The van der Waals surface area contributed by atoms with Crippen molar-refractivity contribution in [3.05, 3.63) is 0 Å². The van der Waals surface area contributed by atoms with Gasteiger partial charge in [0.2, 0.25) is 10.0 Å². The SMILES string of the molecule is CC(CN(C)S(=O)(=O)CS(C)(=O)=O)C(N)=S. The Bertz CT molecular complexity index is 454. The molecule has 0 aliphatic carbocycles. The molecule has 0 aromatic rings. The standard InChI is InChI=1S/C7H16N2O4S3/c1-6(7(8)14)4-9(2)16(12,13)5-15(3,10)11/h6H,4-5H2,1-3H3,(H2,8,14). The molecule has 0 rings (SSSR count). The summed E-state index contributed by atoms with van der Waals surface area (Å²) < 4.78 is 45.9. The quantitative estimate of drug-likeness (QED) is 0.641. The van der Waals surface area contributed by atoms with Crippen molar-refractivity contribution in [3.8, 4) is 0 Å². The van der Waals surface area contributed by atoms with E-state index in [1.807, 2.05) is 0 Å². The smallest absolute Gasteiger partial charge is 0.228 e. The Morgan fingerprint density at radius 2 is 1.81 bits per heavy atom. The van der Waals surface area contributed by atoms with E-state index < -0.39 is 24.9 Å². The summed E-state index contributed by atoms with van der Waals surface area (Å²) in [6, 6.07) is 0. The van der Waals surface area contributed by atoms with Crippen LogP contribution in [-0.4, -0.2) is 51.1 Å². The van der Waals surface area contributed by atoms with Gasteiger partial charge in [-0.05, 0) is 0 Å². The van der Waals surface area contributed by atoms with Gasteiger partial charge in [-0.1, -0.05) is 19.1 Å². The van der Waals surface area contributed by atoms with Gasteiger partial charge < -0.3 is 5.73 Å². The van der Waals surface area contributed by atoms with Crippen molar-refractivity contribution < 1.29 is 16.8 Å². The summed E-state index contributed by atoms with van der Waals surface area (Å²) in [7, 11) is -6.09. The fourth-order valence-corrected chi connectivity index (χ4v) is 4.36. The molecule has 0 amide bonds. The number of thiocarbonyl (C=S) groups is 1. The van der Waals surface area contributed by atoms with Crippen molar-refractivity contribution in [1.82, 2.24) is 4.31 Å². The Morgan fingerprint density at radius 3 is 2.12 bits per heavy atom. The zero-order valence-electron chi connectivity index (χ0n) is 9.37. The first-order valence-corrected chi connectivity index (χ1v) is 8.44. The van der Waals surface area contributed by atoms with Crippen LogP contribution in [0.4, 0.5) is 0 Å². The summed E-state index contributed by atoms with van der Waals surface area (Å²) in [4.78, 5) is 0.196. The third-order valence-electron chi connectivity index (χ3n) is 1.85. The zero-order valence-corrected chi connectivity index (χ0v) is 11.8. The molecule has 9 heteroatoms. The van der Waals surface area contributed by atoms with Crippen LogP contribution < -0.4 is 5.73 Å². The van der Waals surface area contributed by atoms with Crippen LogP contribution in [0.15, 0.2) is 0 Å². The second kappa shape index (κ2) is 5.39. The highest BCUT2D eigenvalue weighted by Gasteiger charge is 2.25. The Balaban J connectivity index is 4.73. The Hall–Kier alpha value is -0.250. The number of nitrogens with two attached hydrogens (primary N) is 1. The monoisotopic (exact) mass is 288 g/mol. The highest BCUT2D eigenvalue weighted by Crippen LogP contribution is 2.06. The predicted octanol–water partition coefficient (Wildman–Crippen LogP) is -0.828. The molecule has 6 nitrogen and oxygen atoms in total. The van der Waals surface area contributed by atoms with Crippen LogP contribution in [0.5, 0.6) is 0 Å². The Morgan fingerprint density at radius 1 is 1.38 bits per heavy atom. The molecule has 0 bridgehead atoms. The van der Waals surface area contributed by atoms with Crippen LogP contribution in [0.1, 0.15) is 6.92 Å². The molecule has 1 atom stereocenters. The number of rotatable bonds is 6. The minimum atomic E-state index is -3.82. The maximum absolute atomic E-state index is 11.6. The molecular formula is C7H16N2O4S3. The van der Waals surface area contributed by atoms with Crippen LogP contribution in [0.2, 0.25) is 0 Å². The van der Waals surface area contributed by atoms with Crippen molar-refractivity contribution in [2.75, 3.05) is 24.9 Å². The summed E-state index contributed by atoms with van der Waals surface area (Å²) >= 11 is 4.71. The summed E-state index contributed by atoms with van der Waals surface area (Å²) in [6.07, 6.45) is 0.870. The third-order valence-corrected chi connectivity index (χ3v) is 6.26. The fourth-order valence-electron chi connectivity index (χ4n) is 0.950. The molecule has 0 saturated heterocycles. The molecule has 0 spiro atoms. The second-order valence-corrected chi connectivity index (χ2v) is 8.79. The number of nitrogens with zero attached hydrogens (tertiary/aromatic N) is 1. The minimum Gasteiger partial charge on any atom is -0.393 e. The van der Waals surface area contributed by atoms with E-state index in [0.717, 1.165) is 10.6 Å². The predicted molar refractivity (Wildman–Crippen MR) is 67.2 cm³/mol. The number of hydrogen-bond donors (Lipinski definition) is 1. The maximum atomic E-state index is 11.6. The van der Waals surface area contributed by atoms with E-state index in [-0.39, 0.29) is 17.5 Å². The van der Waals surface area contributed by atoms with Gasteiger partial charge in [0.25, 0.3) is 0 Å². The lowest BCUT2D eigenvalue weighted by molar-refractivity contribution is 0.448. The largest absolute Gasteiger partial charge is 0.393 e. The molecule has 0 radical (unpaired) electrons. The third kappa shape index (κ3) is 5.73. The van der Waals surface area contributed by atoms with Crippen molar-refractivity contribution >= 4 is 37.1 Å². The lowest BCUT2D eigenvalue weighted by Crippen LogP contribution is -2.38. The summed E-state index contributed by atoms with van der Waals surface area (Å²) in [6.45, 7) is 1.75. The number of sulfone groups is 1. The molecule has 0 fully saturated rings. The van der Waals surface area contributed by atoms with Gasteiger partial charge in [0.15, 0.2) is 14.9 Å². The molecule has 0 aromatic heterocycles. The summed E-state index contributed by atoms with van der Waals surface area (Å²) in [5.41, 5.74) is 5.35. The van der Waals surface area contributed by atoms with Gasteiger partial charge >= 0.3 is 0 Å². The lowest BCUT2D eigenvalue weighted by Gasteiger charge is -2.19. The summed E-state index contributed by atoms with van der Waals surface area (Å²) in [5, 5.41) is -0.902. The van der Waals surface area contributed by atoms with E-state index in [1.54, 1.807) is 6.92 Å². The maximum Gasteiger partial charge on any atom is 0.228 e. The van der Waals surface area contributed by atoms with E-state index in [9.17, 15) is 16.8 Å². The van der Waals surface area contributed by atoms with E-state index in [1.165, 1.54) is 7.05 Å². The molecule has 0 aliphatic rings. The van der Waals surface area contributed by atoms with Gasteiger partial charge in [-0.15, -0.1) is 0 Å². The molecule has 0 saturated carbocycles. The summed E-state index contributed by atoms with van der Waals surface area (Å²) in [5.74, 6) is -0.297. The molecular weight excluding hydrogens is 272 g/mol. The zero-order chi connectivity index (χ0) is 13.1. The van der Waals surface area contributed by atoms with Gasteiger partial charge in [0.05, 0.1) is 4.99 Å². The Kier molecular flexibility index (Phi) is 5.30. The first-order valence-electron chi connectivity index (χ1n) is 4.37. The van der Waals surface area contributed by atoms with Crippen molar-refractivity contribution in [2.24, 2.45) is 11.7 Å². The van der Waals surface area contributed by atoms with Crippen LogP contribution in [0.3, 0.4) is 0 Å². The van der Waals surface area contributed by atoms with Crippen LogP contribution in [-0.2, 0) is 19.9 Å². The van der Waals surface area contributed by atoms with Gasteiger partial charge in [0, 0.05) is 25.8 Å². The average molecular weight is 288 g/mol. The van der Waals surface area contributed by atoms with Gasteiger partial charge in [-0.3, -0.25) is 0 Å². The number of hydrogen-bond acceptors (Lipinski definition) is 5. The van der Waals surface area contributed by atoms with E-state index in [0.29, 0.717) is 0 Å². The van der Waals surface area contributed by atoms with E-state index in [4.69, 9.17) is 18.0 Å².